The van der Waals surface area contributed by atoms with Gasteiger partial charge in [-0.3, -0.25) is 9.59 Å². The predicted molar refractivity (Wildman–Crippen MR) is 80.1 cm³/mol. The second-order valence-electron chi connectivity index (χ2n) is 4.95. The number of hydrogen-bond donors (Lipinski definition) is 2. The molecule has 0 bridgehead atoms. The van der Waals surface area contributed by atoms with Crippen molar-refractivity contribution >= 4 is 40.7 Å². The first-order chi connectivity index (χ1) is 9.48. The van der Waals surface area contributed by atoms with E-state index in [0.717, 1.165) is 6.42 Å². The number of carbonyl (C=O) groups is 2. The highest BCUT2D eigenvalue weighted by Crippen LogP contribution is 2.47. The summed E-state index contributed by atoms with van der Waals surface area (Å²) in [5, 5.41) is 6.36. The smallest absolute Gasteiger partial charge is 0.240 e. The molecule has 1 aromatic rings. The van der Waals surface area contributed by atoms with E-state index in [-0.39, 0.29) is 11.8 Å². The van der Waals surface area contributed by atoms with Crippen LogP contribution in [-0.4, -0.2) is 18.4 Å². The van der Waals surface area contributed by atoms with Crippen LogP contribution < -0.4 is 10.6 Å². The molecule has 2 rings (SSSR count). The number of anilines is 1. The van der Waals surface area contributed by atoms with Crippen molar-refractivity contribution in [2.45, 2.75) is 26.2 Å². The third-order valence-corrected chi connectivity index (χ3v) is 3.71. The van der Waals surface area contributed by atoms with Crippen LogP contribution in [0, 0.1) is 5.41 Å². The van der Waals surface area contributed by atoms with Crippen LogP contribution >= 0.6 is 23.2 Å². The Labute approximate surface area is 127 Å². The highest BCUT2D eigenvalue weighted by Gasteiger charge is 2.56. The van der Waals surface area contributed by atoms with Crippen LogP contribution in [0.15, 0.2) is 18.2 Å². The molecule has 1 aromatic carbocycles. The van der Waals surface area contributed by atoms with Gasteiger partial charge in [0.1, 0.15) is 5.41 Å². The summed E-state index contributed by atoms with van der Waals surface area (Å²) in [6.07, 6.45) is 1.98. The standard InChI is InChI=1S/C14H16Cl2N2O2/c1-2-5-17-12(19)14(3-4-14)13(20)18-11-7-9(15)6-10(16)8-11/h6-8H,2-5H2,1H3,(H,17,19)(H,18,20). The van der Waals surface area contributed by atoms with Crippen molar-refractivity contribution in [1.29, 1.82) is 0 Å². The van der Waals surface area contributed by atoms with E-state index in [1.807, 2.05) is 6.92 Å². The zero-order valence-corrected chi connectivity index (χ0v) is 12.6. The number of rotatable bonds is 5. The van der Waals surface area contributed by atoms with Gasteiger partial charge in [0, 0.05) is 22.3 Å². The van der Waals surface area contributed by atoms with Gasteiger partial charge in [0.2, 0.25) is 11.8 Å². The average Bonchev–Trinajstić information content (AvgIpc) is 3.16. The molecular formula is C14H16Cl2N2O2. The first-order valence-corrected chi connectivity index (χ1v) is 7.29. The van der Waals surface area contributed by atoms with Crippen LogP contribution in [0.5, 0.6) is 0 Å². The number of halogens is 2. The minimum absolute atomic E-state index is 0.204. The fourth-order valence-electron chi connectivity index (χ4n) is 1.97. The third-order valence-electron chi connectivity index (χ3n) is 3.28. The van der Waals surface area contributed by atoms with Crippen molar-refractivity contribution in [2.75, 3.05) is 11.9 Å². The second kappa shape index (κ2) is 6.02. The molecule has 1 fully saturated rings. The SMILES string of the molecule is CCCNC(=O)C1(C(=O)Nc2cc(Cl)cc(Cl)c2)CC1. The van der Waals surface area contributed by atoms with Crippen molar-refractivity contribution in [3.05, 3.63) is 28.2 Å². The molecule has 0 spiro atoms. The van der Waals surface area contributed by atoms with Gasteiger partial charge in [0.15, 0.2) is 0 Å². The van der Waals surface area contributed by atoms with Gasteiger partial charge >= 0.3 is 0 Å². The Kier molecular flexibility index (Phi) is 4.55. The summed E-state index contributed by atoms with van der Waals surface area (Å²) in [6, 6.07) is 4.79. The van der Waals surface area contributed by atoms with Crippen LogP contribution in [0.4, 0.5) is 5.69 Å². The van der Waals surface area contributed by atoms with E-state index in [1.165, 1.54) is 0 Å². The molecule has 20 heavy (non-hydrogen) atoms. The molecule has 0 saturated heterocycles. The molecule has 0 unspecified atom stereocenters. The topological polar surface area (TPSA) is 58.2 Å². The minimum Gasteiger partial charge on any atom is -0.355 e. The molecule has 108 valence electrons. The van der Waals surface area contributed by atoms with Crippen molar-refractivity contribution in [2.24, 2.45) is 5.41 Å². The van der Waals surface area contributed by atoms with Gasteiger partial charge in [-0.25, -0.2) is 0 Å². The van der Waals surface area contributed by atoms with Crippen molar-refractivity contribution in [3.63, 3.8) is 0 Å². The number of benzene rings is 1. The van der Waals surface area contributed by atoms with Gasteiger partial charge in [-0.2, -0.15) is 0 Å². The monoisotopic (exact) mass is 314 g/mol. The Bertz CT molecular complexity index is 522. The lowest BCUT2D eigenvalue weighted by Crippen LogP contribution is -2.40. The first kappa shape index (κ1) is 15.1. The number of hydrogen-bond acceptors (Lipinski definition) is 2. The lowest BCUT2D eigenvalue weighted by Gasteiger charge is -2.15. The van der Waals surface area contributed by atoms with Crippen LogP contribution in [0.25, 0.3) is 0 Å². The Morgan fingerprint density at radius 1 is 1.15 bits per heavy atom. The van der Waals surface area contributed by atoms with E-state index < -0.39 is 5.41 Å². The molecule has 6 heteroatoms. The highest BCUT2D eigenvalue weighted by atomic mass is 35.5. The predicted octanol–water partition coefficient (Wildman–Crippen LogP) is 3.24. The Morgan fingerprint density at radius 3 is 2.25 bits per heavy atom. The summed E-state index contributed by atoms with van der Waals surface area (Å²) >= 11 is 11.8. The largest absolute Gasteiger partial charge is 0.355 e. The van der Waals surface area contributed by atoms with Gasteiger partial charge in [-0.05, 0) is 37.5 Å². The lowest BCUT2D eigenvalue weighted by molar-refractivity contribution is -0.134. The molecule has 1 aliphatic rings. The van der Waals surface area contributed by atoms with Crippen molar-refractivity contribution < 1.29 is 9.59 Å². The minimum atomic E-state index is -0.927. The van der Waals surface area contributed by atoms with Gasteiger partial charge in [0.25, 0.3) is 0 Å². The van der Waals surface area contributed by atoms with E-state index in [1.54, 1.807) is 18.2 Å². The van der Waals surface area contributed by atoms with Gasteiger partial charge < -0.3 is 10.6 Å². The molecule has 0 radical (unpaired) electrons. The zero-order valence-electron chi connectivity index (χ0n) is 11.1. The van der Waals surface area contributed by atoms with E-state index >= 15 is 0 Å². The average molecular weight is 315 g/mol. The van der Waals surface area contributed by atoms with Crippen molar-refractivity contribution in [1.82, 2.24) is 5.32 Å². The molecule has 2 amide bonds. The van der Waals surface area contributed by atoms with Crippen LogP contribution in [0.1, 0.15) is 26.2 Å². The maximum absolute atomic E-state index is 12.3. The Hall–Kier alpha value is -1.26. The maximum atomic E-state index is 12.3. The molecular weight excluding hydrogens is 299 g/mol. The molecule has 0 heterocycles. The summed E-state index contributed by atoms with van der Waals surface area (Å²) in [6.45, 7) is 2.55. The quantitative estimate of drug-likeness (QED) is 0.820. The van der Waals surface area contributed by atoms with Gasteiger partial charge in [0.05, 0.1) is 0 Å². The summed E-state index contributed by atoms with van der Waals surface area (Å²) in [4.78, 5) is 24.3. The molecule has 0 aliphatic heterocycles. The molecule has 1 aliphatic carbocycles. The normalized spacial score (nSPS) is 15.6. The second-order valence-corrected chi connectivity index (χ2v) is 5.82. The van der Waals surface area contributed by atoms with Crippen LogP contribution in [0.2, 0.25) is 10.0 Å². The summed E-state index contributed by atoms with van der Waals surface area (Å²) in [7, 11) is 0. The van der Waals surface area contributed by atoms with Crippen molar-refractivity contribution in [3.8, 4) is 0 Å². The van der Waals surface area contributed by atoms with Gasteiger partial charge in [-0.15, -0.1) is 0 Å². The number of carbonyl (C=O) groups excluding carboxylic acids is 2. The Balaban J connectivity index is 2.06. The fraction of sp³-hybridized carbons (Fsp3) is 0.429. The molecule has 0 aromatic heterocycles. The van der Waals surface area contributed by atoms with Crippen LogP contribution in [-0.2, 0) is 9.59 Å². The number of amides is 2. The molecule has 2 N–H and O–H groups in total. The highest BCUT2D eigenvalue weighted by molar-refractivity contribution is 6.35. The lowest BCUT2D eigenvalue weighted by atomic mass is 10.0. The zero-order chi connectivity index (χ0) is 14.8. The fourth-order valence-corrected chi connectivity index (χ4v) is 2.49. The van der Waals surface area contributed by atoms with E-state index in [4.69, 9.17) is 23.2 Å². The van der Waals surface area contributed by atoms with Crippen LogP contribution in [0.3, 0.4) is 0 Å². The molecule has 1 saturated carbocycles. The third kappa shape index (κ3) is 3.25. The molecule has 4 nitrogen and oxygen atoms in total. The molecule has 0 atom stereocenters. The first-order valence-electron chi connectivity index (χ1n) is 6.54. The summed E-state index contributed by atoms with van der Waals surface area (Å²) < 4.78 is 0. The van der Waals surface area contributed by atoms with E-state index in [0.29, 0.717) is 35.1 Å². The van der Waals surface area contributed by atoms with E-state index in [2.05, 4.69) is 10.6 Å². The summed E-state index contributed by atoms with van der Waals surface area (Å²) in [5.41, 5.74) is -0.425. The summed E-state index contributed by atoms with van der Waals surface area (Å²) in [5.74, 6) is -0.505. The van der Waals surface area contributed by atoms with Gasteiger partial charge in [-0.1, -0.05) is 30.1 Å². The number of nitrogens with one attached hydrogen (secondary N) is 2. The van der Waals surface area contributed by atoms with E-state index in [9.17, 15) is 9.59 Å². The maximum Gasteiger partial charge on any atom is 0.240 e. The Morgan fingerprint density at radius 2 is 1.75 bits per heavy atom.